The third-order valence-corrected chi connectivity index (χ3v) is 6.77. The van der Waals surface area contributed by atoms with Gasteiger partial charge < -0.3 is 0 Å². The maximum atomic E-state index is 13.0. The molecule has 0 aliphatic heterocycles. The number of ketones is 1. The van der Waals surface area contributed by atoms with E-state index in [0.717, 1.165) is 4.47 Å². The Morgan fingerprint density at radius 2 is 1.38 bits per heavy atom. The fraction of sp³-hybridized carbons (Fsp3) is 0.240. The highest BCUT2D eigenvalue weighted by Gasteiger charge is 2.25. The lowest BCUT2D eigenvalue weighted by Crippen LogP contribution is -2.21. The van der Waals surface area contributed by atoms with Crippen molar-refractivity contribution in [2.75, 3.05) is 0 Å². The van der Waals surface area contributed by atoms with E-state index in [-0.39, 0.29) is 28.4 Å². The van der Waals surface area contributed by atoms with Crippen molar-refractivity contribution in [3.8, 4) is 0 Å². The molecule has 0 bridgehead atoms. The molecular weight excluding hydrogens is 488 g/mol. The third-order valence-electron chi connectivity index (χ3n) is 4.96. The molecule has 0 N–H and O–H groups in total. The fourth-order valence-corrected chi connectivity index (χ4v) is 4.42. The van der Waals surface area contributed by atoms with Crippen LogP contribution < -0.4 is 0 Å². The first-order valence-corrected chi connectivity index (χ1v) is 12.5. The quantitative estimate of drug-likeness (QED) is 0.289. The number of aliphatic imine (C=N–C) groups is 1. The summed E-state index contributed by atoms with van der Waals surface area (Å²) in [7, 11) is -3.99. The molecule has 2 aromatic rings. The molecule has 0 amide bonds. The van der Waals surface area contributed by atoms with Gasteiger partial charge in [-0.1, -0.05) is 74.0 Å². The van der Waals surface area contributed by atoms with Crippen LogP contribution in [-0.2, 0) is 14.8 Å². The van der Waals surface area contributed by atoms with Gasteiger partial charge in [0, 0.05) is 21.2 Å². The number of benzene rings is 2. The minimum absolute atomic E-state index is 0.00892. The molecule has 0 atom stereocenters. The van der Waals surface area contributed by atoms with Gasteiger partial charge in [-0.15, -0.1) is 4.40 Å². The summed E-state index contributed by atoms with van der Waals surface area (Å²) >= 11 is 3.31. The molecule has 0 saturated carbocycles. The number of rotatable bonds is 5. The van der Waals surface area contributed by atoms with Crippen LogP contribution in [0.25, 0.3) is 0 Å². The smallest absolute Gasteiger partial charge is 0.284 e. The first-order chi connectivity index (χ1) is 15.1. The molecule has 0 unspecified atom stereocenters. The molecule has 1 aliphatic carbocycles. The Morgan fingerprint density at radius 1 is 0.844 bits per heavy atom. The van der Waals surface area contributed by atoms with Gasteiger partial charge >= 0.3 is 0 Å². The van der Waals surface area contributed by atoms with Gasteiger partial charge in [0.1, 0.15) is 0 Å². The van der Waals surface area contributed by atoms with Crippen LogP contribution in [0, 0.1) is 11.8 Å². The number of halogens is 1. The minimum Gasteiger partial charge on any atom is -0.289 e. The topological polar surface area (TPSA) is 75.9 Å². The Hall–Kier alpha value is -2.64. The molecule has 0 aromatic heterocycles. The summed E-state index contributed by atoms with van der Waals surface area (Å²) in [5.74, 6) is 0.101. The summed E-state index contributed by atoms with van der Waals surface area (Å²) in [5.41, 5.74) is 2.37. The third kappa shape index (κ3) is 5.58. The first-order valence-electron chi connectivity index (χ1n) is 10.3. The standard InChI is InChI=1S/C25H25BrN2O3S/c1-16(2)22-14-20(15-23(17(3)4)24(22)29)27-25(18-8-6-5-7-9-18)28-32(30,31)21-12-10-19(26)11-13-21/h5-17H,1-4H3. The summed E-state index contributed by atoms with van der Waals surface area (Å²) in [6, 6.07) is 15.2. The van der Waals surface area contributed by atoms with E-state index in [9.17, 15) is 13.2 Å². The molecule has 166 valence electrons. The van der Waals surface area contributed by atoms with Crippen molar-refractivity contribution in [2.24, 2.45) is 21.2 Å². The second-order valence-corrected chi connectivity index (χ2v) is 10.6. The minimum atomic E-state index is -3.99. The van der Waals surface area contributed by atoms with Crippen molar-refractivity contribution in [3.63, 3.8) is 0 Å². The second-order valence-electron chi connectivity index (χ2n) is 8.08. The monoisotopic (exact) mass is 512 g/mol. The number of carbonyl (C=O) groups is 1. The second kappa shape index (κ2) is 9.88. The summed E-state index contributed by atoms with van der Waals surface area (Å²) in [4.78, 5) is 17.5. The predicted molar refractivity (Wildman–Crippen MR) is 133 cm³/mol. The number of hydrogen-bond donors (Lipinski definition) is 0. The highest BCUT2D eigenvalue weighted by molar-refractivity contribution is 9.10. The van der Waals surface area contributed by atoms with E-state index in [1.165, 1.54) is 12.1 Å². The van der Waals surface area contributed by atoms with E-state index in [4.69, 9.17) is 0 Å². The molecule has 0 radical (unpaired) electrons. The Kier molecular flexibility index (Phi) is 7.41. The van der Waals surface area contributed by atoms with Gasteiger partial charge in [0.05, 0.1) is 10.6 Å². The SMILES string of the molecule is CC(C)C1=CC(=NC(=NS(=O)(=O)c2ccc(Br)cc2)c2ccccc2)C=C(C(C)C)C1=O. The van der Waals surface area contributed by atoms with E-state index in [0.29, 0.717) is 22.4 Å². The van der Waals surface area contributed by atoms with Crippen LogP contribution in [0.5, 0.6) is 0 Å². The summed E-state index contributed by atoms with van der Waals surface area (Å²) < 4.78 is 30.9. The number of sulfonamides is 1. The molecule has 1 aliphatic rings. The maximum Gasteiger partial charge on any atom is 0.284 e. The molecular formula is C25H25BrN2O3S. The van der Waals surface area contributed by atoms with Gasteiger partial charge in [0.25, 0.3) is 10.0 Å². The molecule has 0 spiro atoms. The van der Waals surface area contributed by atoms with E-state index < -0.39 is 10.0 Å². The lowest BCUT2D eigenvalue weighted by molar-refractivity contribution is -0.113. The zero-order valence-corrected chi connectivity index (χ0v) is 20.8. The molecule has 2 aromatic carbocycles. The van der Waals surface area contributed by atoms with Crippen LogP contribution in [0.2, 0.25) is 0 Å². The number of Topliss-reactive ketones (excluding diaryl/α,β-unsaturated/α-hetero) is 1. The molecule has 0 fully saturated rings. The molecule has 5 nitrogen and oxygen atoms in total. The molecule has 7 heteroatoms. The lowest BCUT2D eigenvalue weighted by atomic mass is 9.84. The molecule has 0 heterocycles. The zero-order valence-electron chi connectivity index (χ0n) is 18.4. The Morgan fingerprint density at radius 3 is 1.88 bits per heavy atom. The largest absolute Gasteiger partial charge is 0.289 e. The van der Waals surface area contributed by atoms with Crippen LogP contribution >= 0.6 is 15.9 Å². The van der Waals surface area contributed by atoms with Crippen LogP contribution in [0.4, 0.5) is 0 Å². The number of nitrogens with zero attached hydrogens (tertiary/aromatic N) is 2. The zero-order chi connectivity index (χ0) is 23.5. The lowest BCUT2D eigenvalue weighted by Gasteiger charge is -2.20. The Bertz CT molecular complexity index is 1210. The van der Waals surface area contributed by atoms with Gasteiger partial charge in [-0.2, -0.15) is 8.42 Å². The Labute approximate surface area is 197 Å². The van der Waals surface area contributed by atoms with E-state index in [1.807, 2.05) is 33.8 Å². The van der Waals surface area contributed by atoms with Gasteiger partial charge in [-0.25, -0.2) is 4.99 Å². The Balaban J connectivity index is 2.19. The van der Waals surface area contributed by atoms with Crippen molar-refractivity contribution < 1.29 is 13.2 Å². The highest BCUT2D eigenvalue weighted by Crippen LogP contribution is 2.25. The van der Waals surface area contributed by atoms with Crippen LogP contribution in [0.3, 0.4) is 0 Å². The average Bonchev–Trinajstić information content (AvgIpc) is 2.74. The van der Waals surface area contributed by atoms with E-state index >= 15 is 0 Å². The van der Waals surface area contributed by atoms with Crippen LogP contribution in [0.15, 0.2) is 96.7 Å². The van der Waals surface area contributed by atoms with Gasteiger partial charge in [-0.3, -0.25) is 4.79 Å². The summed E-state index contributed by atoms with van der Waals surface area (Å²) in [5, 5.41) is 0. The van der Waals surface area contributed by atoms with Gasteiger partial charge in [-0.05, 0) is 48.3 Å². The summed E-state index contributed by atoms with van der Waals surface area (Å²) in [6.45, 7) is 7.81. The van der Waals surface area contributed by atoms with Crippen LogP contribution in [-0.4, -0.2) is 25.7 Å². The number of hydrogen-bond acceptors (Lipinski definition) is 3. The van der Waals surface area contributed by atoms with Gasteiger partial charge in [0.2, 0.25) is 0 Å². The number of carbonyl (C=O) groups excluding carboxylic acids is 1. The van der Waals surface area contributed by atoms with Crippen molar-refractivity contribution in [1.29, 1.82) is 0 Å². The molecule has 3 rings (SSSR count). The van der Waals surface area contributed by atoms with Crippen molar-refractivity contribution in [1.82, 2.24) is 0 Å². The highest BCUT2D eigenvalue weighted by atomic mass is 79.9. The fourth-order valence-electron chi connectivity index (χ4n) is 3.20. The normalized spacial score (nSPS) is 15.2. The molecule has 32 heavy (non-hydrogen) atoms. The average molecular weight is 513 g/mol. The van der Waals surface area contributed by atoms with Crippen molar-refractivity contribution in [3.05, 3.63) is 87.9 Å². The van der Waals surface area contributed by atoms with Crippen LogP contribution in [0.1, 0.15) is 33.3 Å². The predicted octanol–water partition coefficient (Wildman–Crippen LogP) is 5.77. The first kappa shape index (κ1) is 24.0. The molecule has 0 saturated heterocycles. The van der Waals surface area contributed by atoms with E-state index in [2.05, 4.69) is 25.3 Å². The summed E-state index contributed by atoms with van der Waals surface area (Å²) in [6.07, 6.45) is 3.45. The van der Waals surface area contributed by atoms with E-state index in [1.54, 1.807) is 48.6 Å². The number of allylic oxidation sites excluding steroid dienone is 4. The van der Waals surface area contributed by atoms with Crippen molar-refractivity contribution >= 4 is 43.3 Å². The number of amidine groups is 1. The van der Waals surface area contributed by atoms with Crippen molar-refractivity contribution in [2.45, 2.75) is 32.6 Å². The van der Waals surface area contributed by atoms with Gasteiger partial charge in [0.15, 0.2) is 11.6 Å². The maximum absolute atomic E-state index is 13.0.